The molecule has 3 N–H and O–H groups in total. The van der Waals surface area contributed by atoms with E-state index in [1.165, 1.54) is 6.07 Å². The summed E-state index contributed by atoms with van der Waals surface area (Å²) in [7, 11) is 0. The van der Waals surface area contributed by atoms with Crippen molar-refractivity contribution in [3.8, 4) is 22.8 Å². The van der Waals surface area contributed by atoms with E-state index in [0.717, 1.165) is 23.5 Å². The first-order valence-corrected chi connectivity index (χ1v) is 9.77. The van der Waals surface area contributed by atoms with Gasteiger partial charge in [0.25, 0.3) is 0 Å². The van der Waals surface area contributed by atoms with Gasteiger partial charge in [0.05, 0.1) is 30.3 Å². The van der Waals surface area contributed by atoms with E-state index in [4.69, 9.17) is 15.2 Å². The zero-order chi connectivity index (χ0) is 20.7. The van der Waals surface area contributed by atoms with Crippen LogP contribution in [0.3, 0.4) is 0 Å². The van der Waals surface area contributed by atoms with Crippen LogP contribution in [0.4, 0.5) is 10.3 Å². The first-order chi connectivity index (χ1) is 14.6. The largest absolute Gasteiger partial charge is 0.494 e. The van der Waals surface area contributed by atoms with Crippen molar-refractivity contribution >= 4 is 17.0 Å². The number of halogens is 1. The van der Waals surface area contributed by atoms with Crippen molar-refractivity contribution in [2.24, 2.45) is 0 Å². The average molecular weight is 405 g/mol. The van der Waals surface area contributed by atoms with Crippen molar-refractivity contribution in [3.63, 3.8) is 0 Å². The van der Waals surface area contributed by atoms with E-state index in [2.05, 4.69) is 19.9 Å². The summed E-state index contributed by atoms with van der Waals surface area (Å²) in [6.45, 7) is 3.02. The Kier molecular flexibility index (Phi) is 4.46. The predicted molar refractivity (Wildman–Crippen MR) is 111 cm³/mol. The quantitative estimate of drug-likeness (QED) is 0.535. The second-order valence-electron chi connectivity index (χ2n) is 7.19. The van der Waals surface area contributed by atoms with Gasteiger partial charge in [0, 0.05) is 11.8 Å². The van der Waals surface area contributed by atoms with E-state index in [9.17, 15) is 4.39 Å². The molecule has 0 spiro atoms. The van der Waals surface area contributed by atoms with Crippen molar-refractivity contribution in [2.75, 3.05) is 18.9 Å². The van der Waals surface area contributed by atoms with Crippen molar-refractivity contribution in [1.29, 1.82) is 0 Å². The van der Waals surface area contributed by atoms with E-state index in [1.807, 2.05) is 25.1 Å². The maximum absolute atomic E-state index is 14.8. The van der Waals surface area contributed by atoms with Crippen molar-refractivity contribution in [2.45, 2.75) is 19.3 Å². The van der Waals surface area contributed by atoms with Gasteiger partial charge in [-0.3, -0.25) is 0 Å². The number of hydrogen-bond acceptors (Lipinski definition) is 6. The highest BCUT2D eigenvalue weighted by molar-refractivity contribution is 5.82. The van der Waals surface area contributed by atoms with Crippen LogP contribution < -0.4 is 15.2 Å². The molecular formula is C22H20FN5O2. The van der Waals surface area contributed by atoms with Crippen LogP contribution in [0.15, 0.2) is 42.6 Å². The smallest absolute Gasteiger partial charge is 0.220 e. The minimum Gasteiger partial charge on any atom is -0.494 e. The van der Waals surface area contributed by atoms with E-state index < -0.39 is 5.82 Å². The SMILES string of the molecule is CCOc1ccc2c(c1)CC(c1nc3cc(-c4ccnc(N)n4)cc(F)c3[nH]1)CO2. The summed E-state index contributed by atoms with van der Waals surface area (Å²) in [6.07, 6.45) is 2.27. The number of imidazole rings is 1. The molecule has 1 aliphatic rings. The van der Waals surface area contributed by atoms with Gasteiger partial charge in [-0.05, 0) is 55.3 Å². The summed E-state index contributed by atoms with van der Waals surface area (Å²) >= 11 is 0. The molecule has 1 atom stereocenters. The number of ether oxygens (including phenoxy) is 2. The molecule has 0 fully saturated rings. The average Bonchev–Trinajstić information content (AvgIpc) is 3.18. The van der Waals surface area contributed by atoms with Gasteiger partial charge in [0.15, 0.2) is 0 Å². The van der Waals surface area contributed by atoms with E-state index in [0.29, 0.717) is 41.3 Å². The summed E-state index contributed by atoms with van der Waals surface area (Å²) in [6, 6.07) is 10.7. The molecule has 0 aliphatic carbocycles. The number of nitrogen functional groups attached to an aromatic ring is 1. The Morgan fingerprint density at radius 3 is 2.97 bits per heavy atom. The molecule has 3 heterocycles. The van der Waals surface area contributed by atoms with Crippen LogP contribution in [0.25, 0.3) is 22.3 Å². The maximum Gasteiger partial charge on any atom is 0.220 e. The highest BCUT2D eigenvalue weighted by Gasteiger charge is 2.25. The second-order valence-corrected chi connectivity index (χ2v) is 7.19. The Labute approximate surface area is 172 Å². The molecule has 8 heteroatoms. The Morgan fingerprint density at radius 1 is 1.23 bits per heavy atom. The zero-order valence-corrected chi connectivity index (χ0v) is 16.4. The fourth-order valence-electron chi connectivity index (χ4n) is 3.77. The standard InChI is InChI=1S/C22H20FN5O2/c1-2-29-15-3-4-19-13(8-15)7-14(11-30-19)21-26-18-10-12(9-16(23)20(18)28-21)17-5-6-25-22(24)27-17/h3-6,8-10,14H,2,7,11H2,1H3,(H,26,28)(H2,24,25,27). The molecule has 5 rings (SSSR count). The molecule has 2 aromatic heterocycles. The van der Waals surface area contributed by atoms with Crippen LogP contribution in [-0.4, -0.2) is 33.1 Å². The molecule has 2 aromatic carbocycles. The van der Waals surface area contributed by atoms with Gasteiger partial charge in [-0.2, -0.15) is 0 Å². The number of fused-ring (bicyclic) bond motifs is 2. The third-order valence-electron chi connectivity index (χ3n) is 5.17. The van der Waals surface area contributed by atoms with Gasteiger partial charge in [-0.25, -0.2) is 19.3 Å². The summed E-state index contributed by atoms with van der Waals surface area (Å²) in [5.41, 5.74) is 8.75. The maximum atomic E-state index is 14.8. The molecule has 30 heavy (non-hydrogen) atoms. The fourth-order valence-corrected chi connectivity index (χ4v) is 3.77. The van der Waals surface area contributed by atoms with E-state index >= 15 is 0 Å². The van der Waals surface area contributed by atoms with Gasteiger partial charge < -0.3 is 20.2 Å². The first kappa shape index (κ1) is 18.4. The normalized spacial score (nSPS) is 15.6. The Bertz CT molecular complexity index is 1240. The lowest BCUT2D eigenvalue weighted by atomic mass is 9.96. The Hall–Kier alpha value is -3.68. The summed E-state index contributed by atoms with van der Waals surface area (Å²) in [5, 5.41) is 0. The second kappa shape index (κ2) is 7.29. The van der Waals surface area contributed by atoms with Crippen molar-refractivity contribution in [1.82, 2.24) is 19.9 Å². The number of nitrogens with zero attached hydrogens (tertiary/aromatic N) is 3. The lowest BCUT2D eigenvalue weighted by Crippen LogP contribution is -2.20. The number of hydrogen-bond donors (Lipinski definition) is 2. The number of anilines is 1. The number of rotatable bonds is 4. The third kappa shape index (κ3) is 3.30. The summed E-state index contributed by atoms with van der Waals surface area (Å²) < 4.78 is 26.3. The molecule has 1 unspecified atom stereocenters. The zero-order valence-electron chi connectivity index (χ0n) is 16.4. The van der Waals surface area contributed by atoms with Gasteiger partial charge in [0.2, 0.25) is 5.95 Å². The number of H-pyrrole nitrogens is 1. The summed E-state index contributed by atoms with van der Waals surface area (Å²) in [4.78, 5) is 15.8. The van der Waals surface area contributed by atoms with Gasteiger partial charge >= 0.3 is 0 Å². The minimum atomic E-state index is -0.394. The molecule has 0 radical (unpaired) electrons. The van der Waals surface area contributed by atoms with Crippen LogP contribution >= 0.6 is 0 Å². The number of benzene rings is 2. The van der Waals surface area contributed by atoms with Crippen LogP contribution in [-0.2, 0) is 6.42 Å². The molecule has 0 saturated carbocycles. The van der Waals surface area contributed by atoms with Crippen LogP contribution in [0.1, 0.15) is 24.2 Å². The summed E-state index contributed by atoms with van der Waals surface area (Å²) in [5.74, 6) is 2.08. The number of aromatic amines is 1. The number of aromatic nitrogens is 4. The highest BCUT2D eigenvalue weighted by atomic mass is 19.1. The highest BCUT2D eigenvalue weighted by Crippen LogP contribution is 2.35. The number of nitrogens with one attached hydrogen (secondary N) is 1. The lowest BCUT2D eigenvalue weighted by molar-refractivity contribution is 0.257. The lowest BCUT2D eigenvalue weighted by Gasteiger charge is -2.24. The fraction of sp³-hybridized carbons (Fsp3) is 0.227. The van der Waals surface area contributed by atoms with E-state index in [1.54, 1.807) is 18.3 Å². The van der Waals surface area contributed by atoms with Gasteiger partial charge in [-0.1, -0.05) is 0 Å². The molecule has 4 aromatic rings. The monoisotopic (exact) mass is 405 g/mol. The molecule has 7 nitrogen and oxygen atoms in total. The van der Waals surface area contributed by atoms with Gasteiger partial charge in [-0.15, -0.1) is 0 Å². The molecule has 0 amide bonds. The molecule has 1 aliphatic heterocycles. The molecule has 152 valence electrons. The van der Waals surface area contributed by atoms with Crippen LogP contribution in [0.5, 0.6) is 11.5 Å². The minimum absolute atomic E-state index is 0.0145. The van der Waals surface area contributed by atoms with Crippen molar-refractivity contribution in [3.05, 3.63) is 59.8 Å². The predicted octanol–water partition coefficient (Wildman–Crippen LogP) is 3.86. The van der Waals surface area contributed by atoms with E-state index in [-0.39, 0.29) is 11.9 Å². The molecular weight excluding hydrogens is 385 g/mol. The van der Waals surface area contributed by atoms with Gasteiger partial charge in [0.1, 0.15) is 28.7 Å². The van der Waals surface area contributed by atoms with Crippen LogP contribution in [0, 0.1) is 5.82 Å². The van der Waals surface area contributed by atoms with Crippen LogP contribution in [0.2, 0.25) is 0 Å². The topological polar surface area (TPSA) is 98.9 Å². The Morgan fingerprint density at radius 2 is 2.13 bits per heavy atom. The third-order valence-corrected chi connectivity index (χ3v) is 5.17. The Balaban J connectivity index is 1.48. The van der Waals surface area contributed by atoms with Crippen molar-refractivity contribution < 1.29 is 13.9 Å². The number of nitrogens with two attached hydrogens (primary N) is 1. The molecule has 0 bridgehead atoms. The molecule has 0 saturated heterocycles. The first-order valence-electron chi connectivity index (χ1n) is 9.77.